The molecular weight excluding hydrogens is 437 g/mol. The van der Waals surface area contributed by atoms with Gasteiger partial charge in [-0.05, 0) is 31.4 Å². The highest BCUT2D eigenvalue weighted by Crippen LogP contribution is 2.10. The van der Waals surface area contributed by atoms with E-state index in [0.29, 0.717) is 6.54 Å². The lowest BCUT2D eigenvalue weighted by atomic mass is 10.1. The highest BCUT2D eigenvalue weighted by molar-refractivity contribution is 14.0. The van der Waals surface area contributed by atoms with Crippen molar-refractivity contribution >= 4 is 29.9 Å². The molecule has 6 heteroatoms. The second-order valence-electron chi connectivity index (χ2n) is 6.37. The second kappa shape index (κ2) is 11.9. The van der Waals surface area contributed by atoms with E-state index in [1.165, 1.54) is 24.0 Å². The van der Waals surface area contributed by atoms with Gasteiger partial charge in [0.2, 0.25) is 0 Å². The van der Waals surface area contributed by atoms with E-state index in [-0.39, 0.29) is 24.0 Å². The lowest BCUT2D eigenvalue weighted by molar-refractivity contribution is 0.465. The number of imidazole rings is 1. The molecule has 0 atom stereocenters. The van der Waals surface area contributed by atoms with E-state index in [0.717, 1.165) is 31.4 Å². The quantitative estimate of drug-likeness (QED) is 0.361. The minimum atomic E-state index is 0. The van der Waals surface area contributed by atoms with Crippen molar-refractivity contribution in [1.82, 2.24) is 19.8 Å². The molecule has 0 aliphatic carbocycles. The van der Waals surface area contributed by atoms with Crippen molar-refractivity contribution in [3.63, 3.8) is 0 Å². The number of aliphatic imine (C=N–C) groups is 1. The molecule has 0 aliphatic rings. The van der Waals surface area contributed by atoms with Crippen LogP contribution in [0.15, 0.2) is 41.7 Å². The fourth-order valence-corrected chi connectivity index (χ4v) is 2.73. The van der Waals surface area contributed by atoms with Gasteiger partial charge in [-0.2, -0.15) is 0 Å². The lowest BCUT2D eigenvalue weighted by Gasteiger charge is -2.21. The smallest absolute Gasteiger partial charge is 0.193 e. The molecule has 1 heterocycles. The molecule has 0 saturated carbocycles. The molecule has 0 amide bonds. The molecular formula is C20H32IN5. The molecule has 0 unspecified atom stereocenters. The predicted octanol–water partition coefficient (Wildman–Crippen LogP) is 4.06. The van der Waals surface area contributed by atoms with Crippen LogP contribution in [0.4, 0.5) is 0 Å². The van der Waals surface area contributed by atoms with Crippen molar-refractivity contribution in [3.05, 3.63) is 53.6 Å². The number of unbranched alkanes of at least 4 members (excludes halogenated alkanes) is 1. The minimum Gasteiger partial charge on any atom is -0.357 e. The topological polar surface area (TPSA) is 45.5 Å². The SMILES string of the molecule is CCCCN(C)C(=NCc1cccc(Cn2ccnc2C)c1)NCC.I. The van der Waals surface area contributed by atoms with Crippen LogP contribution in [0.5, 0.6) is 0 Å². The van der Waals surface area contributed by atoms with Gasteiger partial charge in [-0.3, -0.25) is 0 Å². The number of aromatic nitrogens is 2. The normalized spacial score (nSPS) is 11.2. The van der Waals surface area contributed by atoms with E-state index < -0.39 is 0 Å². The first-order chi connectivity index (χ1) is 12.1. The van der Waals surface area contributed by atoms with Crippen molar-refractivity contribution in [1.29, 1.82) is 0 Å². The molecule has 0 aliphatic heterocycles. The van der Waals surface area contributed by atoms with Crippen molar-refractivity contribution < 1.29 is 0 Å². The predicted molar refractivity (Wildman–Crippen MR) is 120 cm³/mol. The van der Waals surface area contributed by atoms with E-state index >= 15 is 0 Å². The number of hydrogen-bond donors (Lipinski definition) is 1. The number of aryl methyl sites for hydroxylation is 1. The van der Waals surface area contributed by atoms with Gasteiger partial charge < -0.3 is 14.8 Å². The summed E-state index contributed by atoms with van der Waals surface area (Å²) >= 11 is 0. The standard InChI is InChI=1S/C20H31N5.HI/c1-5-7-12-24(4)20(21-6-2)23-15-18-9-8-10-19(14-18)16-25-13-11-22-17(25)3;/h8-11,13-14H,5-7,12,15-16H2,1-4H3,(H,21,23);1H. The van der Waals surface area contributed by atoms with Crippen molar-refractivity contribution in [2.45, 2.75) is 46.7 Å². The maximum Gasteiger partial charge on any atom is 0.193 e. The minimum absolute atomic E-state index is 0. The first kappa shape index (κ1) is 22.5. The molecule has 1 N–H and O–H groups in total. The third-order valence-corrected chi connectivity index (χ3v) is 4.22. The Labute approximate surface area is 174 Å². The Kier molecular flexibility index (Phi) is 10.3. The molecule has 0 spiro atoms. The number of nitrogens with one attached hydrogen (secondary N) is 1. The summed E-state index contributed by atoms with van der Waals surface area (Å²) in [6, 6.07) is 8.65. The summed E-state index contributed by atoms with van der Waals surface area (Å²) in [5, 5.41) is 3.38. The van der Waals surface area contributed by atoms with Gasteiger partial charge in [0.25, 0.3) is 0 Å². The molecule has 2 rings (SSSR count). The van der Waals surface area contributed by atoms with Crippen LogP contribution in [0.3, 0.4) is 0 Å². The van der Waals surface area contributed by atoms with E-state index in [9.17, 15) is 0 Å². The zero-order valence-electron chi connectivity index (χ0n) is 16.4. The van der Waals surface area contributed by atoms with Gasteiger partial charge in [-0.1, -0.05) is 37.6 Å². The number of rotatable bonds is 8. The van der Waals surface area contributed by atoms with Crippen molar-refractivity contribution in [3.8, 4) is 0 Å². The zero-order chi connectivity index (χ0) is 18.1. The number of nitrogens with zero attached hydrogens (tertiary/aromatic N) is 4. The maximum atomic E-state index is 4.80. The Morgan fingerprint density at radius 1 is 1.27 bits per heavy atom. The molecule has 0 fully saturated rings. The van der Waals surface area contributed by atoms with Crippen LogP contribution in [-0.4, -0.2) is 40.5 Å². The van der Waals surface area contributed by atoms with Crippen molar-refractivity contribution in [2.24, 2.45) is 4.99 Å². The number of halogens is 1. The van der Waals surface area contributed by atoms with Crippen LogP contribution in [0.2, 0.25) is 0 Å². The van der Waals surface area contributed by atoms with Crippen LogP contribution in [0, 0.1) is 6.92 Å². The Hall–Kier alpha value is -1.57. The molecule has 2 aromatic rings. The average Bonchev–Trinajstić information content (AvgIpc) is 3.01. The van der Waals surface area contributed by atoms with Crippen molar-refractivity contribution in [2.75, 3.05) is 20.1 Å². The first-order valence-corrected chi connectivity index (χ1v) is 9.19. The molecule has 0 saturated heterocycles. The number of benzene rings is 1. The van der Waals surface area contributed by atoms with E-state index in [2.05, 4.69) is 64.9 Å². The summed E-state index contributed by atoms with van der Waals surface area (Å²) < 4.78 is 2.16. The van der Waals surface area contributed by atoms with E-state index in [4.69, 9.17) is 4.99 Å². The molecule has 144 valence electrons. The first-order valence-electron chi connectivity index (χ1n) is 9.19. The second-order valence-corrected chi connectivity index (χ2v) is 6.37. The fraction of sp³-hybridized carbons (Fsp3) is 0.500. The molecule has 0 radical (unpaired) electrons. The summed E-state index contributed by atoms with van der Waals surface area (Å²) in [6.45, 7) is 9.80. The van der Waals surface area contributed by atoms with Crippen LogP contribution in [0.25, 0.3) is 0 Å². The fourth-order valence-electron chi connectivity index (χ4n) is 2.73. The lowest BCUT2D eigenvalue weighted by Crippen LogP contribution is -2.39. The van der Waals surface area contributed by atoms with Gasteiger partial charge >= 0.3 is 0 Å². The number of guanidine groups is 1. The van der Waals surface area contributed by atoms with Gasteiger partial charge in [0.15, 0.2) is 5.96 Å². The maximum absolute atomic E-state index is 4.80. The third-order valence-electron chi connectivity index (χ3n) is 4.22. The van der Waals surface area contributed by atoms with Gasteiger partial charge in [0, 0.05) is 39.1 Å². The summed E-state index contributed by atoms with van der Waals surface area (Å²) in [6.07, 6.45) is 6.24. The largest absolute Gasteiger partial charge is 0.357 e. The highest BCUT2D eigenvalue weighted by atomic mass is 127. The van der Waals surface area contributed by atoms with Gasteiger partial charge in [-0.15, -0.1) is 24.0 Å². The zero-order valence-corrected chi connectivity index (χ0v) is 18.7. The summed E-state index contributed by atoms with van der Waals surface area (Å²) in [7, 11) is 2.11. The Bertz CT molecular complexity index is 680. The van der Waals surface area contributed by atoms with E-state index in [1.54, 1.807) is 0 Å². The monoisotopic (exact) mass is 469 g/mol. The molecule has 1 aromatic heterocycles. The van der Waals surface area contributed by atoms with Crippen LogP contribution in [0.1, 0.15) is 43.6 Å². The molecule has 1 aromatic carbocycles. The van der Waals surface area contributed by atoms with Gasteiger partial charge in [-0.25, -0.2) is 9.98 Å². The number of hydrogen-bond acceptors (Lipinski definition) is 2. The summed E-state index contributed by atoms with van der Waals surface area (Å²) in [4.78, 5) is 11.3. The Balaban J connectivity index is 0.00000338. The van der Waals surface area contributed by atoms with Gasteiger partial charge in [0.05, 0.1) is 6.54 Å². The van der Waals surface area contributed by atoms with Crippen LogP contribution >= 0.6 is 24.0 Å². The summed E-state index contributed by atoms with van der Waals surface area (Å²) in [5.41, 5.74) is 2.51. The molecule has 5 nitrogen and oxygen atoms in total. The van der Waals surface area contributed by atoms with Crippen LogP contribution < -0.4 is 5.32 Å². The Morgan fingerprint density at radius 2 is 2.04 bits per heavy atom. The van der Waals surface area contributed by atoms with E-state index in [1.807, 2.05) is 19.3 Å². The molecule has 0 bridgehead atoms. The van der Waals surface area contributed by atoms with Crippen LogP contribution in [-0.2, 0) is 13.1 Å². The molecule has 26 heavy (non-hydrogen) atoms. The highest BCUT2D eigenvalue weighted by Gasteiger charge is 2.05. The average molecular weight is 469 g/mol. The summed E-state index contributed by atoms with van der Waals surface area (Å²) in [5.74, 6) is 2.02. The Morgan fingerprint density at radius 3 is 2.69 bits per heavy atom. The third kappa shape index (κ3) is 6.97. The van der Waals surface area contributed by atoms with Gasteiger partial charge in [0.1, 0.15) is 5.82 Å².